The highest BCUT2D eigenvalue weighted by atomic mass is 32.2. The van der Waals surface area contributed by atoms with Crippen molar-refractivity contribution in [1.82, 2.24) is 4.98 Å². The lowest BCUT2D eigenvalue weighted by Gasteiger charge is -1.97. The van der Waals surface area contributed by atoms with Gasteiger partial charge in [0.05, 0.1) is 6.54 Å². The second-order valence-electron chi connectivity index (χ2n) is 3.28. The van der Waals surface area contributed by atoms with E-state index in [1.54, 1.807) is 11.3 Å². The molecule has 0 radical (unpaired) electrons. The molecule has 0 aromatic carbocycles. The third-order valence-corrected chi connectivity index (χ3v) is 4.20. The minimum Gasteiger partial charge on any atom is -0.320 e. The first-order valence-corrected chi connectivity index (χ1v) is 7.04. The highest BCUT2D eigenvalue weighted by molar-refractivity contribution is 7.98. The Bertz CT molecular complexity index is 523. The average Bonchev–Trinajstić information content (AvgIpc) is 2.83. The van der Waals surface area contributed by atoms with Gasteiger partial charge >= 0.3 is 0 Å². The van der Waals surface area contributed by atoms with Crippen LogP contribution in [0.15, 0.2) is 40.9 Å². The molecule has 0 saturated heterocycles. The van der Waals surface area contributed by atoms with E-state index in [9.17, 15) is 0 Å². The molecular formula is C13H12N2S2. The van der Waals surface area contributed by atoms with Crippen LogP contribution in [0.25, 0.3) is 0 Å². The SMILES string of the molecule is NCC#Cc1csc(CSc2ccncc2)c1. The summed E-state index contributed by atoms with van der Waals surface area (Å²) in [5.74, 6) is 6.87. The first-order valence-electron chi connectivity index (χ1n) is 5.17. The van der Waals surface area contributed by atoms with Crippen molar-refractivity contribution in [1.29, 1.82) is 0 Å². The molecule has 0 saturated carbocycles. The predicted octanol–water partition coefficient (Wildman–Crippen LogP) is 2.75. The molecule has 4 heteroatoms. The summed E-state index contributed by atoms with van der Waals surface area (Å²) in [5.41, 5.74) is 6.40. The van der Waals surface area contributed by atoms with Crippen LogP contribution in [0.5, 0.6) is 0 Å². The Morgan fingerprint density at radius 2 is 2.18 bits per heavy atom. The highest BCUT2D eigenvalue weighted by Gasteiger charge is 1.99. The summed E-state index contributed by atoms with van der Waals surface area (Å²) in [4.78, 5) is 6.56. The van der Waals surface area contributed by atoms with Gasteiger partial charge in [0.2, 0.25) is 0 Å². The molecule has 2 aromatic heterocycles. The van der Waals surface area contributed by atoms with Gasteiger partial charge in [-0.2, -0.15) is 0 Å². The van der Waals surface area contributed by atoms with Gasteiger partial charge in [-0.3, -0.25) is 4.98 Å². The summed E-state index contributed by atoms with van der Waals surface area (Å²) in [6, 6.07) is 6.17. The van der Waals surface area contributed by atoms with E-state index in [-0.39, 0.29) is 0 Å². The van der Waals surface area contributed by atoms with Gasteiger partial charge < -0.3 is 5.73 Å². The van der Waals surface area contributed by atoms with Crippen molar-refractivity contribution in [3.63, 3.8) is 0 Å². The van der Waals surface area contributed by atoms with E-state index in [1.807, 2.05) is 36.3 Å². The van der Waals surface area contributed by atoms with Crippen LogP contribution in [0.2, 0.25) is 0 Å². The van der Waals surface area contributed by atoms with E-state index in [0.717, 1.165) is 11.3 Å². The summed E-state index contributed by atoms with van der Waals surface area (Å²) in [7, 11) is 0. The fourth-order valence-electron chi connectivity index (χ4n) is 1.26. The van der Waals surface area contributed by atoms with Crippen LogP contribution in [0, 0.1) is 11.8 Å². The lowest BCUT2D eigenvalue weighted by molar-refractivity contribution is 1.26. The Labute approximate surface area is 109 Å². The smallest absolute Gasteiger partial charge is 0.0555 e. The molecule has 2 aromatic rings. The van der Waals surface area contributed by atoms with Crippen LogP contribution in [0.1, 0.15) is 10.4 Å². The zero-order valence-corrected chi connectivity index (χ0v) is 10.9. The maximum Gasteiger partial charge on any atom is 0.0555 e. The van der Waals surface area contributed by atoms with Crippen molar-refractivity contribution < 1.29 is 0 Å². The van der Waals surface area contributed by atoms with Gasteiger partial charge in [-0.1, -0.05) is 11.8 Å². The number of hydrogen-bond acceptors (Lipinski definition) is 4. The fraction of sp³-hybridized carbons (Fsp3) is 0.154. The van der Waals surface area contributed by atoms with Crippen molar-refractivity contribution in [3.8, 4) is 11.8 Å². The molecule has 2 rings (SSSR count). The van der Waals surface area contributed by atoms with Crippen LogP contribution in [0.3, 0.4) is 0 Å². The molecule has 0 aliphatic heterocycles. The summed E-state index contributed by atoms with van der Waals surface area (Å²) in [6.07, 6.45) is 3.63. The number of hydrogen-bond donors (Lipinski definition) is 1. The monoisotopic (exact) mass is 260 g/mol. The molecule has 0 aliphatic carbocycles. The molecule has 0 bridgehead atoms. The van der Waals surface area contributed by atoms with Crippen LogP contribution in [-0.4, -0.2) is 11.5 Å². The normalized spacial score (nSPS) is 9.71. The van der Waals surface area contributed by atoms with Gasteiger partial charge in [-0.25, -0.2) is 0 Å². The summed E-state index contributed by atoms with van der Waals surface area (Å²) >= 11 is 3.55. The highest BCUT2D eigenvalue weighted by Crippen LogP contribution is 2.25. The molecule has 0 amide bonds. The Morgan fingerprint density at radius 1 is 1.35 bits per heavy atom. The third kappa shape index (κ3) is 3.90. The van der Waals surface area contributed by atoms with E-state index < -0.39 is 0 Å². The molecule has 0 fully saturated rings. The Balaban J connectivity index is 1.94. The van der Waals surface area contributed by atoms with Crippen molar-refractivity contribution in [2.45, 2.75) is 10.6 Å². The van der Waals surface area contributed by atoms with Gasteiger partial charge in [0.1, 0.15) is 0 Å². The van der Waals surface area contributed by atoms with Gasteiger partial charge in [-0.05, 0) is 18.2 Å². The molecule has 0 atom stereocenters. The Kier molecular flexibility index (Phi) is 4.63. The number of thiophene rings is 1. The molecular weight excluding hydrogens is 248 g/mol. The number of thioether (sulfide) groups is 1. The predicted molar refractivity (Wildman–Crippen MR) is 74.0 cm³/mol. The number of nitrogens with zero attached hydrogens (tertiary/aromatic N) is 1. The van der Waals surface area contributed by atoms with Gasteiger partial charge in [0.15, 0.2) is 0 Å². The largest absolute Gasteiger partial charge is 0.320 e. The minimum absolute atomic E-state index is 0.414. The van der Waals surface area contributed by atoms with E-state index in [4.69, 9.17) is 5.73 Å². The fourth-order valence-corrected chi connectivity index (χ4v) is 3.02. The zero-order valence-electron chi connectivity index (χ0n) is 9.22. The number of pyridine rings is 1. The Hall–Kier alpha value is -1.28. The first-order chi connectivity index (χ1) is 8.38. The molecule has 0 aliphatic rings. The van der Waals surface area contributed by atoms with E-state index >= 15 is 0 Å². The van der Waals surface area contributed by atoms with Crippen LogP contribution < -0.4 is 5.73 Å². The molecule has 0 spiro atoms. The van der Waals surface area contributed by atoms with E-state index in [2.05, 4.69) is 28.3 Å². The van der Waals surface area contributed by atoms with Crippen LogP contribution in [-0.2, 0) is 5.75 Å². The number of aromatic nitrogens is 1. The molecule has 0 unspecified atom stereocenters. The standard InChI is InChI=1S/C13H12N2S2/c14-5-1-2-11-8-13(16-9-11)10-17-12-3-6-15-7-4-12/h3-4,6-9H,5,10,14H2. The minimum atomic E-state index is 0.414. The second kappa shape index (κ2) is 6.45. The third-order valence-electron chi connectivity index (χ3n) is 2.02. The zero-order chi connectivity index (χ0) is 11.9. The molecule has 2 N–H and O–H groups in total. The lowest BCUT2D eigenvalue weighted by atomic mass is 10.3. The van der Waals surface area contributed by atoms with Gasteiger partial charge in [0.25, 0.3) is 0 Å². The van der Waals surface area contributed by atoms with Crippen molar-refractivity contribution in [3.05, 3.63) is 46.4 Å². The molecule has 2 heterocycles. The van der Waals surface area contributed by atoms with Crippen LogP contribution in [0.4, 0.5) is 0 Å². The van der Waals surface area contributed by atoms with Gasteiger partial charge in [0, 0.05) is 38.9 Å². The Morgan fingerprint density at radius 3 is 2.94 bits per heavy atom. The number of nitrogens with two attached hydrogens (primary N) is 1. The second-order valence-corrected chi connectivity index (χ2v) is 5.32. The van der Waals surface area contributed by atoms with Gasteiger partial charge in [-0.15, -0.1) is 23.1 Å². The first kappa shape index (κ1) is 12.2. The molecule has 2 nitrogen and oxygen atoms in total. The van der Waals surface area contributed by atoms with Crippen molar-refractivity contribution in [2.75, 3.05) is 6.54 Å². The lowest BCUT2D eigenvalue weighted by Crippen LogP contribution is -1.92. The summed E-state index contributed by atoms with van der Waals surface area (Å²) in [5, 5.41) is 2.07. The summed E-state index contributed by atoms with van der Waals surface area (Å²) < 4.78 is 0. The maximum absolute atomic E-state index is 5.34. The topological polar surface area (TPSA) is 38.9 Å². The molecule has 86 valence electrons. The summed E-state index contributed by atoms with van der Waals surface area (Å²) in [6.45, 7) is 0.414. The maximum atomic E-state index is 5.34. The molecule has 17 heavy (non-hydrogen) atoms. The van der Waals surface area contributed by atoms with Crippen molar-refractivity contribution >= 4 is 23.1 Å². The van der Waals surface area contributed by atoms with Crippen LogP contribution >= 0.6 is 23.1 Å². The van der Waals surface area contributed by atoms with E-state index in [0.29, 0.717) is 6.54 Å². The number of rotatable bonds is 3. The quantitative estimate of drug-likeness (QED) is 0.681. The van der Waals surface area contributed by atoms with Crippen molar-refractivity contribution in [2.24, 2.45) is 5.73 Å². The van der Waals surface area contributed by atoms with E-state index in [1.165, 1.54) is 9.77 Å². The average molecular weight is 260 g/mol.